The summed E-state index contributed by atoms with van der Waals surface area (Å²) in [5.41, 5.74) is 2.23. The topological polar surface area (TPSA) is 86.1 Å². The van der Waals surface area contributed by atoms with E-state index in [9.17, 15) is 9.59 Å². The van der Waals surface area contributed by atoms with Gasteiger partial charge in [-0.15, -0.1) is 0 Å². The van der Waals surface area contributed by atoms with Gasteiger partial charge < -0.3 is 10.1 Å². The van der Waals surface area contributed by atoms with Crippen LogP contribution in [0.4, 0.5) is 5.69 Å². The summed E-state index contributed by atoms with van der Waals surface area (Å²) in [6.45, 7) is 5.19. The largest absolute Gasteiger partial charge is 0.376 e. The second-order valence-electron chi connectivity index (χ2n) is 7.87. The van der Waals surface area contributed by atoms with Gasteiger partial charge in [-0.3, -0.25) is 14.2 Å². The summed E-state index contributed by atoms with van der Waals surface area (Å²) in [4.78, 5) is 35.2. The standard InChI is InChI=1S/C24H28N4O3S/c1-3-16-9-11-17(12-10-16)26-22(29)20(4-2)32-24-27-21-19(8-5-13-25-21)23(30)28(24)15-18-7-6-14-31-18/h5,8-13,18,20H,3-4,6-7,14-15H2,1-2H3,(H,26,29)/t18-,20+/m0/s1. The minimum atomic E-state index is -0.398. The number of fused-ring (bicyclic) bond motifs is 1. The molecule has 0 saturated carbocycles. The molecule has 3 heterocycles. The Hall–Kier alpha value is -2.71. The van der Waals surface area contributed by atoms with E-state index in [0.29, 0.717) is 35.8 Å². The van der Waals surface area contributed by atoms with Crippen molar-refractivity contribution in [1.29, 1.82) is 0 Å². The molecule has 0 spiro atoms. The highest BCUT2D eigenvalue weighted by molar-refractivity contribution is 8.00. The van der Waals surface area contributed by atoms with Crippen molar-refractivity contribution in [2.24, 2.45) is 0 Å². The van der Waals surface area contributed by atoms with E-state index in [0.717, 1.165) is 24.9 Å². The lowest BCUT2D eigenvalue weighted by molar-refractivity contribution is -0.115. The first-order valence-electron chi connectivity index (χ1n) is 11.1. The summed E-state index contributed by atoms with van der Waals surface area (Å²) >= 11 is 1.31. The Morgan fingerprint density at radius 1 is 1.28 bits per heavy atom. The Bertz CT molecular complexity index is 1140. The summed E-state index contributed by atoms with van der Waals surface area (Å²) in [7, 11) is 0. The van der Waals surface area contributed by atoms with E-state index >= 15 is 0 Å². The number of carbonyl (C=O) groups excluding carboxylic acids is 1. The Morgan fingerprint density at radius 3 is 2.78 bits per heavy atom. The minimum absolute atomic E-state index is 0.0195. The maximum Gasteiger partial charge on any atom is 0.263 e. The van der Waals surface area contributed by atoms with E-state index in [1.165, 1.54) is 17.3 Å². The number of pyridine rings is 1. The fourth-order valence-electron chi connectivity index (χ4n) is 3.78. The highest BCUT2D eigenvalue weighted by atomic mass is 32.2. The monoisotopic (exact) mass is 452 g/mol. The van der Waals surface area contributed by atoms with Crippen molar-refractivity contribution in [3.8, 4) is 0 Å². The number of amides is 1. The Morgan fingerprint density at radius 2 is 2.09 bits per heavy atom. The lowest BCUT2D eigenvalue weighted by atomic mass is 10.1. The van der Waals surface area contributed by atoms with Crippen LogP contribution in [0.5, 0.6) is 0 Å². The van der Waals surface area contributed by atoms with E-state index < -0.39 is 5.25 Å². The molecule has 0 aliphatic carbocycles. The van der Waals surface area contributed by atoms with Gasteiger partial charge in [-0.25, -0.2) is 9.97 Å². The first kappa shape index (κ1) is 22.5. The molecular weight excluding hydrogens is 424 g/mol. The van der Waals surface area contributed by atoms with Crippen LogP contribution < -0.4 is 10.9 Å². The Balaban J connectivity index is 1.61. The molecule has 2 aromatic heterocycles. The van der Waals surface area contributed by atoms with E-state index in [1.54, 1.807) is 22.9 Å². The number of ether oxygens (including phenoxy) is 1. The number of anilines is 1. The highest BCUT2D eigenvalue weighted by Gasteiger charge is 2.25. The van der Waals surface area contributed by atoms with Crippen LogP contribution in [-0.2, 0) is 22.5 Å². The molecular formula is C24H28N4O3S. The van der Waals surface area contributed by atoms with E-state index in [4.69, 9.17) is 4.74 Å². The third-order valence-electron chi connectivity index (χ3n) is 5.65. The number of aryl methyl sites for hydroxylation is 1. The summed E-state index contributed by atoms with van der Waals surface area (Å²) in [5, 5.41) is 3.57. The van der Waals surface area contributed by atoms with Crippen LogP contribution in [-0.4, -0.2) is 38.4 Å². The molecule has 8 heteroatoms. The molecule has 1 fully saturated rings. The van der Waals surface area contributed by atoms with Gasteiger partial charge in [-0.1, -0.05) is 37.7 Å². The Labute approximate surface area is 191 Å². The average molecular weight is 453 g/mol. The second kappa shape index (κ2) is 10.3. The molecule has 0 radical (unpaired) electrons. The summed E-state index contributed by atoms with van der Waals surface area (Å²) in [6, 6.07) is 11.3. The minimum Gasteiger partial charge on any atom is -0.376 e. The van der Waals surface area contributed by atoms with Crippen LogP contribution in [0.1, 0.15) is 38.7 Å². The highest BCUT2D eigenvalue weighted by Crippen LogP contribution is 2.27. The molecule has 2 atom stereocenters. The molecule has 7 nitrogen and oxygen atoms in total. The molecule has 1 amide bonds. The molecule has 0 bridgehead atoms. The van der Waals surface area contributed by atoms with Gasteiger partial charge in [-0.2, -0.15) is 0 Å². The SMILES string of the molecule is CCc1ccc(NC(=O)[C@@H](CC)Sc2nc3ncccc3c(=O)n2C[C@@H]2CCCO2)cc1. The maximum atomic E-state index is 13.2. The molecule has 0 unspecified atom stereocenters. The van der Waals surface area contributed by atoms with Gasteiger partial charge in [0.2, 0.25) is 5.91 Å². The predicted molar refractivity (Wildman–Crippen MR) is 127 cm³/mol. The fraction of sp³-hybridized carbons (Fsp3) is 0.417. The lowest BCUT2D eigenvalue weighted by Gasteiger charge is -2.19. The van der Waals surface area contributed by atoms with Crippen LogP contribution in [0.25, 0.3) is 11.0 Å². The third-order valence-corrected chi connectivity index (χ3v) is 7.00. The number of rotatable bonds is 8. The number of aromatic nitrogens is 3. The van der Waals surface area contributed by atoms with Crippen molar-refractivity contribution in [2.75, 3.05) is 11.9 Å². The van der Waals surface area contributed by atoms with Crippen molar-refractivity contribution in [3.05, 3.63) is 58.5 Å². The number of hydrogen-bond acceptors (Lipinski definition) is 6. The van der Waals surface area contributed by atoms with Crippen molar-refractivity contribution in [1.82, 2.24) is 14.5 Å². The first-order chi connectivity index (χ1) is 15.6. The quantitative estimate of drug-likeness (QED) is 0.410. The molecule has 32 heavy (non-hydrogen) atoms. The number of carbonyl (C=O) groups is 1. The third kappa shape index (κ3) is 5.02. The van der Waals surface area contributed by atoms with Crippen molar-refractivity contribution in [2.45, 2.75) is 62.6 Å². The number of thioether (sulfide) groups is 1. The van der Waals surface area contributed by atoms with Crippen LogP contribution in [0.3, 0.4) is 0 Å². The van der Waals surface area contributed by atoms with Gasteiger partial charge in [0.1, 0.15) is 0 Å². The molecule has 1 N–H and O–H groups in total. The van der Waals surface area contributed by atoms with Gasteiger partial charge in [0.15, 0.2) is 10.8 Å². The predicted octanol–water partition coefficient (Wildman–Crippen LogP) is 4.04. The molecule has 1 aliphatic rings. The van der Waals surface area contributed by atoms with Gasteiger partial charge in [0, 0.05) is 18.5 Å². The molecule has 1 aromatic carbocycles. The van der Waals surface area contributed by atoms with Gasteiger partial charge in [0.25, 0.3) is 5.56 Å². The number of hydrogen-bond donors (Lipinski definition) is 1. The van der Waals surface area contributed by atoms with Crippen molar-refractivity contribution < 1.29 is 9.53 Å². The van der Waals surface area contributed by atoms with Crippen LogP contribution in [0, 0.1) is 0 Å². The van der Waals surface area contributed by atoms with Crippen LogP contribution >= 0.6 is 11.8 Å². The Kier molecular flexibility index (Phi) is 7.22. The van der Waals surface area contributed by atoms with E-state index in [1.807, 2.05) is 31.2 Å². The van der Waals surface area contributed by atoms with E-state index in [-0.39, 0.29) is 17.6 Å². The number of nitrogens with zero attached hydrogens (tertiary/aromatic N) is 3. The summed E-state index contributed by atoms with van der Waals surface area (Å²) in [6.07, 6.45) is 5.05. The molecule has 3 aromatic rings. The zero-order valence-corrected chi connectivity index (χ0v) is 19.2. The van der Waals surface area contributed by atoms with Crippen LogP contribution in [0.15, 0.2) is 52.5 Å². The summed E-state index contributed by atoms with van der Waals surface area (Å²) in [5.74, 6) is -0.110. The van der Waals surface area contributed by atoms with Crippen molar-refractivity contribution >= 4 is 34.4 Å². The lowest BCUT2D eigenvalue weighted by Crippen LogP contribution is -2.31. The molecule has 1 saturated heterocycles. The average Bonchev–Trinajstić information content (AvgIpc) is 3.33. The van der Waals surface area contributed by atoms with E-state index in [2.05, 4.69) is 22.2 Å². The zero-order chi connectivity index (χ0) is 22.5. The van der Waals surface area contributed by atoms with Crippen LogP contribution in [0.2, 0.25) is 0 Å². The molecule has 4 rings (SSSR count). The fourth-order valence-corrected chi connectivity index (χ4v) is 4.79. The number of benzene rings is 1. The summed E-state index contributed by atoms with van der Waals surface area (Å²) < 4.78 is 7.41. The second-order valence-corrected chi connectivity index (χ2v) is 9.04. The van der Waals surface area contributed by atoms with Gasteiger partial charge >= 0.3 is 0 Å². The van der Waals surface area contributed by atoms with Gasteiger partial charge in [-0.05, 0) is 55.5 Å². The smallest absolute Gasteiger partial charge is 0.263 e. The normalized spacial score (nSPS) is 16.9. The zero-order valence-electron chi connectivity index (χ0n) is 18.4. The molecule has 168 valence electrons. The van der Waals surface area contributed by atoms with Gasteiger partial charge in [0.05, 0.1) is 23.3 Å². The number of nitrogens with one attached hydrogen (secondary N) is 1. The maximum absolute atomic E-state index is 13.2. The molecule has 1 aliphatic heterocycles. The first-order valence-corrected chi connectivity index (χ1v) is 12.0. The van der Waals surface area contributed by atoms with Crippen molar-refractivity contribution in [3.63, 3.8) is 0 Å².